The number of carbonyl (C=O) groups excluding carboxylic acids is 2. The van der Waals surface area contributed by atoms with E-state index < -0.39 is 0 Å². The smallest absolute Gasteiger partial charge is 0.281 e. The van der Waals surface area contributed by atoms with E-state index in [1.54, 1.807) is 12.1 Å². The monoisotopic (exact) mass is 273 g/mol. The van der Waals surface area contributed by atoms with Gasteiger partial charge in [0, 0.05) is 5.69 Å². The van der Waals surface area contributed by atoms with Gasteiger partial charge < -0.3 is 20.2 Å². The second-order valence-electron chi connectivity index (χ2n) is 3.18. The van der Waals surface area contributed by atoms with Crippen LogP contribution in [0, 0.1) is 0 Å². The van der Waals surface area contributed by atoms with Crippen molar-refractivity contribution < 1.29 is 9.59 Å². The first-order valence-electron chi connectivity index (χ1n) is 4.58. The number of rotatable bonds is 2. The number of anilines is 2. The standard InChI is InChI=1S/C9H5N3O2S.2Al/c13-4-10-6-1-2-7-8(3-6)15-9(12-7)11-5-14;;/h1-3H,(H,10,13)(H,11,12,14);;. The van der Waals surface area contributed by atoms with Gasteiger partial charge in [0.15, 0.2) is 5.13 Å². The number of fused-ring (bicyclic) bond motifs is 1. The van der Waals surface area contributed by atoms with Crippen molar-refractivity contribution in [1.82, 2.24) is 4.98 Å². The molecule has 0 unspecified atom stereocenters. The number of amides is 2. The number of benzene rings is 1. The van der Waals surface area contributed by atoms with Crippen LogP contribution in [0.2, 0.25) is 0 Å². The molecule has 4 radical (unpaired) electrons. The molecule has 8 heteroatoms. The summed E-state index contributed by atoms with van der Waals surface area (Å²) in [5.74, 6) is 0. The third kappa shape index (κ3) is 3.29. The Bertz CT molecular complexity index is 585. The molecule has 17 heavy (non-hydrogen) atoms. The molecular weight excluding hydrogens is 268 g/mol. The van der Waals surface area contributed by atoms with E-state index in [0.717, 1.165) is 10.2 Å². The Morgan fingerprint density at radius 2 is 1.88 bits per heavy atom. The van der Waals surface area contributed by atoms with Crippen molar-refractivity contribution >= 4 is 74.5 Å². The fraction of sp³-hybridized carbons (Fsp3) is 0. The number of hydrogen-bond donors (Lipinski definition) is 2. The lowest BCUT2D eigenvalue weighted by atomic mass is 10.3. The third-order valence-corrected chi connectivity index (χ3v) is 3.11. The average molecular weight is 273 g/mol. The van der Waals surface area contributed by atoms with Crippen LogP contribution < -0.4 is 10.6 Å². The Morgan fingerprint density at radius 1 is 1.18 bits per heavy atom. The molecule has 1 aromatic heterocycles. The van der Waals surface area contributed by atoms with Crippen LogP contribution in [0.5, 0.6) is 0 Å². The van der Waals surface area contributed by atoms with Gasteiger partial charge in [-0.15, -0.1) is 0 Å². The molecule has 0 spiro atoms. The molecule has 2 aromatic rings. The van der Waals surface area contributed by atoms with E-state index in [0.29, 0.717) is 10.8 Å². The number of nitrogens with one attached hydrogen (secondary N) is 2. The van der Waals surface area contributed by atoms with Crippen LogP contribution in [-0.4, -0.2) is 47.1 Å². The molecule has 2 rings (SSSR count). The van der Waals surface area contributed by atoms with Crippen molar-refractivity contribution in [1.29, 1.82) is 0 Å². The molecule has 0 aliphatic rings. The van der Waals surface area contributed by atoms with Crippen LogP contribution in [0.3, 0.4) is 0 Å². The molecule has 1 heterocycles. The molecule has 0 bridgehead atoms. The number of nitrogens with zero attached hydrogens (tertiary/aromatic N) is 1. The quantitative estimate of drug-likeness (QED) is 0.818. The van der Waals surface area contributed by atoms with Crippen molar-refractivity contribution in [2.45, 2.75) is 0 Å². The van der Waals surface area contributed by atoms with Gasteiger partial charge in [-0.05, 0) is 18.2 Å². The van der Waals surface area contributed by atoms with Crippen molar-refractivity contribution in [3.05, 3.63) is 18.2 Å². The number of hydrogen-bond acceptors (Lipinski definition) is 4. The van der Waals surface area contributed by atoms with Gasteiger partial charge in [0.1, 0.15) is 9.54 Å². The lowest BCUT2D eigenvalue weighted by Crippen LogP contribution is -2.07. The maximum Gasteiger partial charge on any atom is 0.281 e. The fourth-order valence-corrected chi connectivity index (χ4v) is 2.62. The molecule has 1 aromatic carbocycles. The summed E-state index contributed by atoms with van der Waals surface area (Å²) in [6.07, 6.45) is 0. The van der Waals surface area contributed by atoms with Crippen molar-refractivity contribution in [3.63, 3.8) is 0 Å². The number of carbonyl (C=O) groups is 2. The van der Waals surface area contributed by atoms with Crippen LogP contribution in [0.15, 0.2) is 18.2 Å². The van der Waals surface area contributed by atoms with Gasteiger partial charge in [-0.3, -0.25) is 0 Å². The second-order valence-corrected chi connectivity index (χ2v) is 5.26. The topological polar surface area (TPSA) is 71.1 Å². The molecule has 0 atom stereocenters. The predicted octanol–water partition coefficient (Wildman–Crippen LogP) is 1.70. The number of thiazole rings is 1. The maximum absolute atomic E-state index is 10.9. The van der Waals surface area contributed by atoms with Crippen molar-refractivity contribution in [2.75, 3.05) is 10.6 Å². The highest BCUT2D eigenvalue weighted by Crippen LogP contribution is 2.28. The summed E-state index contributed by atoms with van der Waals surface area (Å²) in [6.45, 7) is 0. The van der Waals surface area contributed by atoms with E-state index >= 15 is 0 Å². The van der Waals surface area contributed by atoms with Crippen LogP contribution in [-0.2, 0) is 0 Å². The summed E-state index contributed by atoms with van der Waals surface area (Å²) in [5.41, 5.74) is 1.48. The molecule has 0 saturated heterocycles. The first kappa shape index (κ1) is 12.6. The predicted molar refractivity (Wildman–Crippen MR) is 69.2 cm³/mol. The van der Waals surface area contributed by atoms with Gasteiger partial charge in [-0.25, -0.2) is 4.98 Å². The van der Waals surface area contributed by atoms with Crippen molar-refractivity contribution in [3.8, 4) is 0 Å². The van der Waals surface area contributed by atoms with Crippen LogP contribution in [0.1, 0.15) is 0 Å². The highest BCUT2D eigenvalue weighted by Gasteiger charge is 2.05. The van der Waals surface area contributed by atoms with E-state index in [9.17, 15) is 9.59 Å². The minimum absolute atomic E-state index is 0.202. The van der Waals surface area contributed by atoms with E-state index in [1.807, 2.05) is 38.6 Å². The molecule has 0 aliphatic carbocycles. The summed E-state index contributed by atoms with van der Waals surface area (Å²) in [4.78, 5) is 26.0. The second kappa shape index (κ2) is 5.18. The highest BCUT2D eigenvalue weighted by molar-refractivity contribution is 7.22. The van der Waals surface area contributed by atoms with Gasteiger partial charge in [0.25, 0.3) is 32.6 Å². The lowest BCUT2D eigenvalue weighted by molar-refractivity contribution is 0.268. The Morgan fingerprint density at radius 3 is 2.53 bits per heavy atom. The Kier molecular flexibility index (Phi) is 3.83. The summed E-state index contributed by atoms with van der Waals surface area (Å²) in [7, 11) is 0. The van der Waals surface area contributed by atoms with Gasteiger partial charge in [-0.2, -0.15) is 0 Å². The Labute approximate surface area is 117 Å². The van der Waals surface area contributed by atoms with Gasteiger partial charge in [0.05, 0.1) is 10.2 Å². The van der Waals surface area contributed by atoms with Crippen LogP contribution in [0.4, 0.5) is 20.4 Å². The molecule has 0 saturated carbocycles. The molecular formula is C9H5Al2N3O2S. The number of aromatic nitrogens is 1. The normalized spacial score (nSPS) is 10.1. The highest BCUT2D eigenvalue weighted by atomic mass is 32.1. The van der Waals surface area contributed by atoms with E-state index in [1.165, 1.54) is 11.3 Å². The van der Waals surface area contributed by atoms with E-state index in [4.69, 9.17) is 0 Å². The molecule has 2 N–H and O–H groups in total. The van der Waals surface area contributed by atoms with Gasteiger partial charge in [0.2, 0.25) is 0 Å². The molecule has 80 valence electrons. The van der Waals surface area contributed by atoms with Crippen molar-refractivity contribution in [2.24, 2.45) is 0 Å². The van der Waals surface area contributed by atoms with Crippen LogP contribution >= 0.6 is 11.3 Å². The average Bonchev–Trinajstić information content (AvgIpc) is 2.56. The lowest BCUT2D eigenvalue weighted by Gasteiger charge is -2.01. The Balaban J connectivity index is 2.33. The van der Waals surface area contributed by atoms with E-state index in [2.05, 4.69) is 15.6 Å². The SMILES string of the molecule is O=[C]([Al])Nc1ccc2nc(N[C](=O)[Al])sc2c1. The molecule has 0 fully saturated rings. The summed E-state index contributed by atoms with van der Waals surface area (Å²) >= 11 is 5.43. The zero-order valence-electron chi connectivity index (χ0n) is 8.56. The zero-order chi connectivity index (χ0) is 12.4. The summed E-state index contributed by atoms with van der Waals surface area (Å²) in [6, 6.07) is 5.37. The fourth-order valence-electron chi connectivity index (χ4n) is 1.30. The van der Waals surface area contributed by atoms with E-state index in [-0.39, 0.29) is 9.54 Å². The van der Waals surface area contributed by atoms with Gasteiger partial charge >= 0.3 is 0 Å². The minimum Gasteiger partial charge on any atom is -0.344 e. The molecule has 0 aliphatic heterocycles. The zero-order valence-corrected chi connectivity index (χ0v) is 11.7. The maximum atomic E-state index is 10.9. The van der Waals surface area contributed by atoms with Gasteiger partial charge in [-0.1, -0.05) is 11.3 Å². The summed E-state index contributed by atoms with van der Waals surface area (Å²) < 4.78 is 0.463. The van der Waals surface area contributed by atoms with Crippen LogP contribution in [0.25, 0.3) is 10.2 Å². The summed E-state index contributed by atoms with van der Waals surface area (Å²) in [5, 5.41) is 5.79. The first-order valence-corrected chi connectivity index (χ1v) is 6.55. The largest absolute Gasteiger partial charge is 0.344 e. The first-order chi connectivity index (χ1) is 8.04. The molecule has 2 amide bonds. The minimum atomic E-state index is -0.234. The third-order valence-electron chi connectivity index (χ3n) is 1.89. The Hall–Kier alpha value is -0.885. The molecule has 5 nitrogen and oxygen atoms in total.